The molecular weight excluding hydrogens is 182 g/mol. The molecule has 0 spiro atoms. The molecular formula is C7H10ClNOS. The number of methoxy groups -OCH3 is 1. The Morgan fingerprint density at radius 1 is 1.45 bits per heavy atom. The average molecular weight is 192 g/mol. The topological polar surface area (TPSA) is 35.2 Å². The number of nitrogens with two attached hydrogens (primary N) is 1. The van der Waals surface area contributed by atoms with Gasteiger partial charge in [0.25, 0.3) is 0 Å². The molecule has 0 amide bonds. The van der Waals surface area contributed by atoms with Crippen molar-refractivity contribution < 1.29 is 4.74 Å². The van der Waals surface area contributed by atoms with E-state index in [1.807, 2.05) is 12.1 Å². The minimum absolute atomic E-state index is 0. The lowest BCUT2D eigenvalue weighted by molar-refractivity contribution is 0.405. The van der Waals surface area contributed by atoms with Crippen LogP contribution in [0.1, 0.15) is 0 Å². The smallest absolute Gasteiger partial charge is 0.134 e. The number of thiol groups is 1. The molecule has 1 aromatic carbocycles. The lowest BCUT2D eigenvalue weighted by Crippen LogP contribution is -1.90. The van der Waals surface area contributed by atoms with Crippen molar-refractivity contribution in [3.63, 3.8) is 0 Å². The van der Waals surface area contributed by atoms with Crippen LogP contribution in [-0.4, -0.2) is 7.11 Å². The molecule has 62 valence electrons. The second-order valence-corrected chi connectivity index (χ2v) is 2.35. The number of halogens is 1. The van der Waals surface area contributed by atoms with Gasteiger partial charge in [-0.2, -0.15) is 0 Å². The van der Waals surface area contributed by atoms with E-state index in [0.29, 0.717) is 16.3 Å². The van der Waals surface area contributed by atoms with Gasteiger partial charge in [0.1, 0.15) is 5.75 Å². The Bertz CT molecular complexity index is 242. The van der Waals surface area contributed by atoms with E-state index in [1.54, 1.807) is 13.2 Å². The van der Waals surface area contributed by atoms with Crippen molar-refractivity contribution in [1.29, 1.82) is 0 Å². The molecule has 0 radical (unpaired) electrons. The van der Waals surface area contributed by atoms with Gasteiger partial charge in [0.15, 0.2) is 0 Å². The van der Waals surface area contributed by atoms with Gasteiger partial charge >= 0.3 is 0 Å². The van der Waals surface area contributed by atoms with Crippen molar-refractivity contribution >= 4 is 30.7 Å². The first-order valence-corrected chi connectivity index (χ1v) is 3.32. The van der Waals surface area contributed by atoms with Crippen LogP contribution in [0.25, 0.3) is 0 Å². The van der Waals surface area contributed by atoms with E-state index in [-0.39, 0.29) is 12.4 Å². The SMILES string of the molecule is COc1cccc(N)c1S.Cl. The third-order valence-corrected chi connectivity index (χ3v) is 1.73. The van der Waals surface area contributed by atoms with Gasteiger partial charge in [-0.1, -0.05) is 6.07 Å². The summed E-state index contributed by atoms with van der Waals surface area (Å²) in [5.74, 6) is 0.711. The molecule has 0 aliphatic rings. The standard InChI is InChI=1S/C7H9NOS.ClH/c1-9-6-4-2-3-5(8)7(6)10;/h2-4,10H,8H2,1H3;1H. The summed E-state index contributed by atoms with van der Waals surface area (Å²) >= 11 is 4.14. The molecule has 2 N–H and O–H groups in total. The lowest BCUT2D eigenvalue weighted by atomic mass is 10.3. The van der Waals surface area contributed by atoms with Crippen molar-refractivity contribution in [3.8, 4) is 5.75 Å². The summed E-state index contributed by atoms with van der Waals surface area (Å²) < 4.78 is 4.97. The monoisotopic (exact) mass is 191 g/mol. The third-order valence-electron chi connectivity index (χ3n) is 1.25. The third kappa shape index (κ3) is 2.20. The second kappa shape index (κ2) is 4.36. The Morgan fingerprint density at radius 3 is 2.55 bits per heavy atom. The van der Waals surface area contributed by atoms with Crippen LogP contribution in [0, 0.1) is 0 Å². The largest absolute Gasteiger partial charge is 0.496 e. The molecule has 0 saturated carbocycles. The van der Waals surface area contributed by atoms with Crippen LogP contribution in [0.3, 0.4) is 0 Å². The molecule has 0 unspecified atom stereocenters. The highest BCUT2D eigenvalue weighted by atomic mass is 35.5. The first kappa shape index (κ1) is 10.5. The highest BCUT2D eigenvalue weighted by Crippen LogP contribution is 2.26. The fourth-order valence-electron chi connectivity index (χ4n) is 0.704. The summed E-state index contributed by atoms with van der Waals surface area (Å²) in [5.41, 5.74) is 6.18. The van der Waals surface area contributed by atoms with E-state index in [9.17, 15) is 0 Å². The predicted octanol–water partition coefficient (Wildman–Crippen LogP) is 1.99. The van der Waals surface area contributed by atoms with E-state index in [1.165, 1.54) is 0 Å². The molecule has 0 aliphatic carbocycles. The van der Waals surface area contributed by atoms with Crippen LogP contribution >= 0.6 is 25.0 Å². The number of anilines is 1. The Hall–Kier alpha value is -0.540. The Balaban J connectivity index is 0.000001000. The molecule has 0 aromatic heterocycles. The molecule has 1 rings (SSSR count). The molecule has 11 heavy (non-hydrogen) atoms. The number of hydrogen-bond acceptors (Lipinski definition) is 3. The zero-order valence-electron chi connectivity index (χ0n) is 6.07. The Labute approximate surface area is 77.6 Å². The first-order chi connectivity index (χ1) is 4.75. The van der Waals surface area contributed by atoms with Crippen LogP contribution in [0.4, 0.5) is 5.69 Å². The van der Waals surface area contributed by atoms with Gasteiger partial charge < -0.3 is 10.5 Å². The quantitative estimate of drug-likeness (QED) is 0.526. The number of ether oxygens (including phenoxy) is 1. The Kier molecular flexibility index (Phi) is 4.15. The predicted molar refractivity (Wildman–Crippen MR) is 51.9 cm³/mol. The normalized spacial score (nSPS) is 8.55. The van der Waals surface area contributed by atoms with E-state index in [0.717, 1.165) is 0 Å². The van der Waals surface area contributed by atoms with Crippen LogP contribution in [0.15, 0.2) is 23.1 Å². The lowest BCUT2D eigenvalue weighted by Gasteiger charge is -2.04. The maximum absolute atomic E-state index is 5.54. The Morgan fingerprint density at radius 2 is 2.09 bits per heavy atom. The van der Waals surface area contributed by atoms with Crippen molar-refractivity contribution in [2.24, 2.45) is 0 Å². The van der Waals surface area contributed by atoms with E-state index >= 15 is 0 Å². The van der Waals surface area contributed by atoms with E-state index in [2.05, 4.69) is 12.6 Å². The van der Waals surface area contributed by atoms with Crippen molar-refractivity contribution in [1.82, 2.24) is 0 Å². The van der Waals surface area contributed by atoms with Crippen molar-refractivity contribution in [2.75, 3.05) is 12.8 Å². The highest BCUT2D eigenvalue weighted by molar-refractivity contribution is 7.80. The summed E-state index contributed by atoms with van der Waals surface area (Å²) in [4.78, 5) is 0.699. The zero-order chi connectivity index (χ0) is 7.56. The average Bonchev–Trinajstić information content (AvgIpc) is 1.95. The molecule has 2 nitrogen and oxygen atoms in total. The molecule has 0 atom stereocenters. The number of rotatable bonds is 1. The van der Waals surface area contributed by atoms with Gasteiger partial charge in [0.2, 0.25) is 0 Å². The first-order valence-electron chi connectivity index (χ1n) is 2.87. The highest BCUT2D eigenvalue weighted by Gasteiger charge is 1.99. The summed E-state index contributed by atoms with van der Waals surface area (Å²) in [7, 11) is 1.59. The molecule has 0 fully saturated rings. The summed E-state index contributed by atoms with van der Waals surface area (Å²) in [6.07, 6.45) is 0. The molecule has 0 heterocycles. The van der Waals surface area contributed by atoms with Gasteiger partial charge in [-0.3, -0.25) is 0 Å². The van der Waals surface area contributed by atoms with E-state index in [4.69, 9.17) is 10.5 Å². The number of nitrogen functional groups attached to an aromatic ring is 1. The molecule has 0 saturated heterocycles. The minimum Gasteiger partial charge on any atom is -0.496 e. The number of benzene rings is 1. The van der Waals surface area contributed by atoms with Crippen LogP contribution in [-0.2, 0) is 0 Å². The van der Waals surface area contributed by atoms with Gasteiger partial charge in [-0.05, 0) is 12.1 Å². The van der Waals surface area contributed by atoms with Gasteiger partial charge in [-0.15, -0.1) is 25.0 Å². The van der Waals surface area contributed by atoms with Crippen molar-refractivity contribution in [2.45, 2.75) is 4.90 Å². The fourth-order valence-corrected chi connectivity index (χ4v) is 0.944. The fraction of sp³-hybridized carbons (Fsp3) is 0.143. The van der Waals surface area contributed by atoms with Gasteiger partial charge in [0, 0.05) is 5.69 Å². The van der Waals surface area contributed by atoms with Gasteiger partial charge in [-0.25, -0.2) is 0 Å². The number of hydrogen-bond donors (Lipinski definition) is 2. The molecule has 0 bridgehead atoms. The summed E-state index contributed by atoms with van der Waals surface area (Å²) in [6.45, 7) is 0. The minimum atomic E-state index is 0. The summed E-state index contributed by atoms with van der Waals surface area (Å²) in [5, 5.41) is 0. The maximum Gasteiger partial charge on any atom is 0.134 e. The van der Waals surface area contributed by atoms with E-state index < -0.39 is 0 Å². The van der Waals surface area contributed by atoms with Crippen LogP contribution in [0.5, 0.6) is 5.75 Å². The van der Waals surface area contributed by atoms with Crippen molar-refractivity contribution in [3.05, 3.63) is 18.2 Å². The van der Waals surface area contributed by atoms with Gasteiger partial charge in [0.05, 0.1) is 12.0 Å². The molecule has 0 aliphatic heterocycles. The summed E-state index contributed by atoms with van der Waals surface area (Å²) in [6, 6.07) is 5.43. The zero-order valence-corrected chi connectivity index (χ0v) is 7.78. The molecule has 4 heteroatoms. The maximum atomic E-state index is 5.54. The second-order valence-electron chi connectivity index (χ2n) is 1.90. The molecule has 1 aromatic rings. The van der Waals surface area contributed by atoms with Crippen LogP contribution < -0.4 is 10.5 Å². The van der Waals surface area contributed by atoms with Crippen LogP contribution in [0.2, 0.25) is 0 Å².